The lowest BCUT2D eigenvalue weighted by Gasteiger charge is -2.24. The number of carbonyl (C=O) groups is 2. The molecule has 1 aromatic rings. The van der Waals surface area contributed by atoms with Gasteiger partial charge in [-0.25, -0.2) is 14.6 Å². The lowest BCUT2D eigenvalue weighted by molar-refractivity contribution is 0.0691. The minimum atomic E-state index is -1.05. The van der Waals surface area contributed by atoms with E-state index in [1.165, 1.54) is 16.7 Å². The number of carboxylic acids is 1. The minimum absolute atomic E-state index is 0.0145. The predicted molar refractivity (Wildman–Crippen MR) is 78.1 cm³/mol. The van der Waals surface area contributed by atoms with E-state index in [2.05, 4.69) is 24.1 Å². The van der Waals surface area contributed by atoms with Crippen LogP contribution in [-0.2, 0) is 0 Å². The van der Waals surface area contributed by atoms with Crippen molar-refractivity contribution >= 4 is 23.3 Å². The van der Waals surface area contributed by atoms with Gasteiger partial charge in [0.05, 0.1) is 6.04 Å². The zero-order chi connectivity index (χ0) is 15.3. The lowest BCUT2D eigenvalue weighted by atomic mass is 10.2. The molecule has 0 aliphatic heterocycles. The van der Waals surface area contributed by atoms with Crippen LogP contribution in [0.5, 0.6) is 0 Å². The molecule has 0 saturated heterocycles. The van der Waals surface area contributed by atoms with E-state index in [9.17, 15) is 9.59 Å². The van der Waals surface area contributed by atoms with Crippen LogP contribution < -0.4 is 5.32 Å². The summed E-state index contributed by atoms with van der Waals surface area (Å²) in [5, 5.41) is 13.8. The summed E-state index contributed by atoms with van der Waals surface area (Å²) in [7, 11) is 0. The summed E-state index contributed by atoms with van der Waals surface area (Å²) in [4.78, 5) is 28.6. The Hall–Kier alpha value is -1.63. The normalized spacial score (nSPS) is 12.2. The minimum Gasteiger partial charge on any atom is -0.476 e. The SMILES string of the molecule is CCN(CC(C)C)C(=O)NC(C)c1nc(C(=O)O)cs1. The summed E-state index contributed by atoms with van der Waals surface area (Å²) in [6.45, 7) is 9.16. The topological polar surface area (TPSA) is 82.5 Å². The lowest BCUT2D eigenvalue weighted by Crippen LogP contribution is -2.42. The molecule has 112 valence electrons. The molecule has 0 aliphatic rings. The third kappa shape index (κ3) is 4.48. The zero-order valence-corrected chi connectivity index (χ0v) is 13.0. The molecule has 1 heterocycles. The zero-order valence-electron chi connectivity index (χ0n) is 12.2. The molecule has 0 aromatic carbocycles. The Morgan fingerprint density at radius 1 is 1.45 bits per heavy atom. The van der Waals surface area contributed by atoms with Gasteiger partial charge in [-0.1, -0.05) is 13.8 Å². The molecule has 2 amide bonds. The van der Waals surface area contributed by atoms with E-state index in [1.807, 2.05) is 6.92 Å². The molecule has 0 saturated carbocycles. The van der Waals surface area contributed by atoms with Crippen LogP contribution in [-0.4, -0.2) is 40.1 Å². The highest BCUT2D eigenvalue weighted by molar-refractivity contribution is 7.09. The maximum absolute atomic E-state index is 12.1. The van der Waals surface area contributed by atoms with Crippen LogP contribution in [0.3, 0.4) is 0 Å². The second-order valence-electron chi connectivity index (χ2n) is 4.98. The molecule has 7 heteroatoms. The number of aromatic nitrogens is 1. The van der Waals surface area contributed by atoms with E-state index in [0.717, 1.165) is 0 Å². The number of nitrogens with one attached hydrogen (secondary N) is 1. The van der Waals surface area contributed by atoms with Crippen molar-refractivity contribution in [2.24, 2.45) is 5.92 Å². The highest BCUT2D eigenvalue weighted by Crippen LogP contribution is 2.18. The van der Waals surface area contributed by atoms with Crippen molar-refractivity contribution in [1.82, 2.24) is 15.2 Å². The molecule has 6 nitrogen and oxygen atoms in total. The van der Waals surface area contributed by atoms with Gasteiger partial charge in [-0.05, 0) is 19.8 Å². The smallest absolute Gasteiger partial charge is 0.355 e. The van der Waals surface area contributed by atoms with Crippen molar-refractivity contribution in [2.75, 3.05) is 13.1 Å². The van der Waals surface area contributed by atoms with E-state index in [0.29, 0.717) is 24.0 Å². The molecule has 0 radical (unpaired) electrons. The van der Waals surface area contributed by atoms with Gasteiger partial charge in [-0.15, -0.1) is 11.3 Å². The first-order valence-electron chi connectivity index (χ1n) is 6.59. The molecule has 1 unspecified atom stereocenters. The number of thiazole rings is 1. The molecule has 2 N–H and O–H groups in total. The summed E-state index contributed by atoms with van der Waals surface area (Å²) < 4.78 is 0. The number of aromatic carboxylic acids is 1. The number of rotatable bonds is 6. The molecule has 1 aromatic heterocycles. The molecule has 0 aliphatic carbocycles. The molecule has 0 spiro atoms. The first kappa shape index (κ1) is 16.4. The molecule has 0 bridgehead atoms. The van der Waals surface area contributed by atoms with Crippen LogP contribution in [0.1, 0.15) is 49.2 Å². The maximum atomic E-state index is 12.1. The van der Waals surface area contributed by atoms with Gasteiger partial charge >= 0.3 is 12.0 Å². The summed E-state index contributed by atoms with van der Waals surface area (Å²) in [5.41, 5.74) is 0.0145. The van der Waals surface area contributed by atoms with Crippen molar-refractivity contribution in [2.45, 2.75) is 33.7 Å². The second kappa shape index (κ2) is 7.23. The van der Waals surface area contributed by atoms with Crippen LogP contribution in [0.25, 0.3) is 0 Å². The van der Waals surface area contributed by atoms with Crippen molar-refractivity contribution in [3.63, 3.8) is 0 Å². The quantitative estimate of drug-likeness (QED) is 0.845. The average molecular weight is 299 g/mol. The maximum Gasteiger partial charge on any atom is 0.355 e. The number of amides is 2. The van der Waals surface area contributed by atoms with Gasteiger partial charge in [0.2, 0.25) is 0 Å². The van der Waals surface area contributed by atoms with Crippen LogP contribution in [0.15, 0.2) is 5.38 Å². The standard InChI is InChI=1S/C13H21N3O3S/c1-5-16(6-8(2)3)13(19)14-9(4)11-15-10(7-20-11)12(17)18/h7-9H,5-6H2,1-4H3,(H,14,19)(H,17,18). The van der Waals surface area contributed by atoms with Gasteiger partial charge in [-0.3, -0.25) is 0 Å². The number of urea groups is 1. The molecule has 0 fully saturated rings. The predicted octanol–water partition coefficient (Wildman–Crippen LogP) is 2.59. The van der Waals surface area contributed by atoms with Crippen molar-refractivity contribution in [3.8, 4) is 0 Å². The van der Waals surface area contributed by atoms with Gasteiger partial charge in [0.1, 0.15) is 5.01 Å². The molecular formula is C13H21N3O3S. The Labute approximate surface area is 122 Å². The molecular weight excluding hydrogens is 278 g/mol. The first-order chi connectivity index (χ1) is 9.35. The Morgan fingerprint density at radius 2 is 2.10 bits per heavy atom. The Morgan fingerprint density at radius 3 is 2.55 bits per heavy atom. The van der Waals surface area contributed by atoms with Crippen LogP contribution in [0.4, 0.5) is 4.79 Å². The van der Waals surface area contributed by atoms with Crippen LogP contribution in [0, 0.1) is 5.92 Å². The van der Waals surface area contributed by atoms with Crippen LogP contribution >= 0.6 is 11.3 Å². The van der Waals surface area contributed by atoms with Gasteiger partial charge in [0, 0.05) is 18.5 Å². The summed E-state index contributed by atoms with van der Waals surface area (Å²) in [6.07, 6.45) is 0. The van der Waals surface area contributed by atoms with E-state index in [-0.39, 0.29) is 17.8 Å². The summed E-state index contributed by atoms with van der Waals surface area (Å²) in [5.74, 6) is -0.657. The Kier molecular flexibility index (Phi) is 5.94. The Balaban J connectivity index is 2.65. The van der Waals surface area contributed by atoms with Crippen LogP contribution in [0.2, 0.25) is 0 Å². The summed E-state index contributed by atoms with van der Waals surface area (Å²) in [6, 6.07) is -0.456. The van der Waals surface area contributed by atoms with Gasteiger partial charge in [-0.2, -0.15) is 0 Å². The summed E-state index contributed by atoms with van der Waals surface area (Å²) >= 11 is 1.24. The number of carboxylic acid groups (broad SMARTS) is 1. The number of carbonyl (C=O) groups excluding carboxylic acids is 1. The molecule has 1 atom stereocenters. The average Bonchev–Trinajstić information content (AvgIpc) is 2.85. The van der Waals surface area contributed by atoms with Crippen molar-refractivity contribution in [1.29, 1.82) is 0 Å². The van der Waals surface area contributed by atoms with Gasteiger partial charge < -0.3 is 15.3 Å². The van der Waals surface area contributed by atoms with Crippen molar-refractivity contribution in [3.05, 3.63) is 16.1 Å². The van der Waals surface area contributed by atoms with Gasteiger partial charge in [0.15, 0.2) is 5.69 Å². The fourth-order valence-electron chi connectivity index (χ4n) is 1.72. The van der Waals surface area contributed by atoms with E-state index < -0.39 is 5.97 Å². The highest BCUT2D eigenvalue weighted by atomic mass is 32.1. The molecule has 1 rings (SSSR count). The third-order valence-corrected chi connectivity index (χ3v) is 3.73. The monoisotopic (exact) mass is 299 g/mol. The number of hydrogen-bond donors (Lipinski definition) is 2. The Bertz CT molecular complexity index is 473. The fourth-order valence-corrected chi connectivity index (χ4v) is 2.52. The molecule has 20 heavy (non-hydrogen) atoms. The van der Waals surface area contributed by atoms with E-state index in [1.54, 1.807) is 11.8 Å². The van der Waals surface area contributed by atoms with Gasteiger partial charge in [0.25, 0.3) is 0 Å². The van der Waals surface area contributed by atoms with Crippen molar-refractivity contribution < 1.29 is 14.7 Å². The third-order valence-electron chi connectivity index (χ3n) is 2.71. The fraction of sp³-hybridized carbons (Fsp3) is 0.615. The second-order valence-corrected chi connectivity index (χ2v) is 5.87. The van der Waals surface area contributed by atoms with E-state index in [4.69, 9.17) is 5.11 Å². The van der Waals surface area contributed by atoms with E-state index >= 15 is 0 Å². The first-order valence-corrected chi connectivity index (χ1v) is 7.47. The highest BCUT2D eigenvalue weighted by Gasteiger charge is 2.19. The number of hydrogen-bond acceptors (Lipinski definition) is 4. The largest absolute Gasteiger partial charge is 0.476 e. The number of nitrogens with zero attached hydrogens (tertiary/aromatic N) is 2.